The van der Waals surface area contributed by atoms with Crippen molar-refractivity contribution < 1.29 is 14.3 Å². The molecule has 0 aromatic heterocycles. The van der Waals surface area contributed by atoms with Gasteiger partial charge in [0.1, 0.15) is 6.61 Å². The Hall–Kier alpha value is -2.79. The summed E-state index contributed by atoms with van der Waals surface area (Å²) < 4.78 is 11.3. The van der Waals surface area contributed by atoms with E-state index in [4.69, 9.17) is 9.47 Å². The average molecular weight is 352 g/mol. The second-order valence-electron chi connectivity index (χ2n) is 6.09. The Labute approximate surface area is 154 Å². The van der Waals surface area contributed by atoms with Gasteiger partial charge in [-0.3, -0.25) is 4.79 Å². The number of benzene rings is 2. The second-order valence-corrected chi connectivity index (χ2v) is 6.09. The molecule has 0 aliphatic carbocycles. The summed E-state index contributed by atoms with van der Waals surface area (Å²) in [7, 11) is 1.62. The number of hydrogen-bond donors (Lipinski definition) is 1. The highest BCUT2D eigenvalue weighted by atomic mass is 16.5. The predicted octanol–water partition coefficient (Wildman–Crippen LogP) is 2.72. The predicted molar refractivity (Wildman–Crippen MR) is 102 cm³/mol. The van der Waals surface area contributed by atoms with Crippen LogP contribution in [0.25, 0.3) is 6.08 Å². The van der Waals surface area contributed by atoms with Crippen LogP contribution in [-0.2, 0) is 11.4 Å². The van der Waals surface area contributed by atoms with Crippen molar-refractivity contribution in [1.29, 1.82) is 0 Å². The monoisotopic (exact) mass is 352 g/mol. The van der Waals surface area contributed by atoms with Crippen LogP contribution in [0.15, 0.2) is 54.6 Å². The van der Waals surface area contributed by atoms with Crippen molar-refractivity contribution in [3.63, 3.8) is 0 Å². The average Bonchev–Trinajstić information content (AvgIpc) is 2.72. The summed E-state index contributed by atoms with van der Waals surface area (Å²) in [6, 6.07) is 15.7. The summed E-state index contributed by atoms with van der Waals surface area (Å²) in [5, 5.41) is 3.24. The number of carbonyl (C=O) groups excluding carboxylic acids is 1. The third-order valence-corrected chi connectivity index (χ3v) is 4.27. The number of nitrogens with zero attached hydrogens (tertiary/aromatic N) is 1. The van der Waals surface area contributed by atoms with Crippen molar-refractivity contribution in [3.05, 3.63) is 65.7 Å². The van der Waals surface area contributed by atoms with Gasteiger partial charge in [0.25, 0.3) is 0 Å². The van der Waals surface area contributed by atoms with Crippen LogP contribution < -0.4 is 14.8 Å². The number of hydrogen-bond acceptors (Lipinski definition) is 4. The minimum Gasteiger partial charge on any atom is -0.493 e. The molecule has 2 aromatic rings. The Morgan fingerprint density at radius 1 is 1.12 bits per heavy atom. The first kappa shape index (κ1) is 18.0. The van der Waals surface area contributed by atoms with Gasteiger partial charge in [-0.25, -0.2) is 0 Å². The molecule has 1 amide bonds. The number of rotatable bonds is 6. The maximum absolute atomic E-state index is 12.2. The van der Waals surface area contributed by atoms with E-state index in [2.05, 4.69) is 5.32 Å². The normalized spacial score (nSPS) is 14.4. The molecule has 1 fully saturated rings. The van der Waals surface area contributed by atoms with Crippen molar-refractivity contribution >= 4 is 12.0 Å². The van der Waals surface area contributed by atoms with Gasteiger partial charge >= 0.3 is 0 Å². The van der Waals surface area contributed by atoms with Crippen molar-refractivity contribution in [2.45, 2.75) is 6.61 Å². The lowest BCUT2D eigenvalue weighted by atomic mass is 10.1. The fourth-order valence-electron chi connectivity index (χ4n) is 2.80. The molecule has 0 unspecified atom stereocenters. The van der Waals surface area contributed by atoms with Gasteiger partial charge in [-0.15, -0.1) is 0 Å². The number of amides is 1. The highest BCUT2D eigenvalue weighted by Crippen LogP contribution is 2.29. The van der Waals surface area contributed by atoms with E-state index >= 15 is 0 Å². The van der Waals surface area contributed by atoms with Gasteiger partial charge in [0.2, 0.25) is 5.91 Å². The fourth-order valence-corrected chi connectivity index (χ4v) is 2.80. The van der Waals surface area contributed by atoms with Crippen LogP contribution in [0, 0.1) is 0 Å². The van der Waals surface area contributed by atoms with Crippen LogP contribution in [0.2, 0.25) is 0 Å². The molecule has 1 aliphatic rings. The number of carbonyl (C=O) groups is 1. The van der Waals surface area contributed by atoms with E-state index in [1.165, 1.54) is 0 Å². The smallest absolute Gasteiger partial charge is 0.246 e. The summed E-state index contributed by atoms with van der Waals surface area (Å²) in [4.78, 5) is 14.1. The Kier molecular flexibility index (Phi) is 6.28. The van der Waals surface area contributed by atoms with Gasteiger partial charge in [0.05, 0.1) is 7.11 Å². The number of nitrogens with one attached hydrogen (secondary N) is 1. The summed E-state index contributed by atoms with van der Waals surface area (Å²) >= 11 is 0. The molecule has 0 atom stereocenters. The van der Waals surface area contributed by atoms with Crippen LogP contribution in [0.1, 0.15) is 11.1 Å². The first-order valence-corrected chi connectivity index (χ1v) is 8.79. The first-order chi connectivity index (χ1) is 12.8. The third-order valence-electron chi connectivity index (χ3n) is 4.27. The topological polar surface area (TPSA) is 50.8 Å². The minimum absolute atomic E-state index is 0.0369. The number of methoxy groups -OCH3 is 1. The van der Waals surface area contributed by atoms with Gasteiger partial charge in [-0.2, -0.15) is 0 Å². The minimum atomic E-state index is 0.0369. The lowest BCUT2D eigenvalue weighted by molar-refractivity contribution is -0.126. The summed E-state index contributed by atoms with van der Waals surface area (Å²) in [6.07, 6.45) is 3.43. The second kappa shape index (κ2) is 9.06. The SMILES string of the molecule is COc1cc(/C=C/C(=O)N2CCNCC2)ccc1OCc1ccccc1. The molecule has 2 aromatic carbocycles. The van der Waals surface area contributed by atoms with Crippen LogP contribution in [0.4, 0.5) is 0 Å². The largest absolute Gasteiger partial charge is 0.493 e. The highest BCUT2D eigenvalue weighted by molar-refractivity contribution is 5.92. The van der Waals surface area contributed by atoms with Crippen molar-refractivity contribution in [1.82, 2.24) is 10.2 Å². The van der Waals surface area contributed by atoms with E-state index < -0.39 is 0 Å². The molecule has 0 bridgehead atoms. The summed E-state index contributed by atoms with van der Waals surface area (Å²) in [6.45, 7) is 3.67. The zero-order chi connectivity index (χ0) is 18.2. The quantitative estimate of drug-likeness (QED) is 0.812. The molecular formula is C21H24N2O3. The molecule has 3 rings (SSSR count). The van der Waals surface area contributed by atoms with Crippen LogP contribution >= 0.6 is 0 Å². The van der Waals surface area contributed by atoms with Crippen LogP contribution in [0.5, 0.6) is 11.5 Å². The van der Waals surface area contributed by atoms with Gasteiger partial charge in [-0.05, 0) is 29.3 Å². The molecule has 1 N–H and O–H groups in total. The summed E-state index contributed by atoms with van der Waals surface area (Å²) in [5.41, 5.74) is 2.00. The van der Waals surface area contributed by atoms with Crippen LogP contribution in [-0.4, -0.2) is 44.1 Å². The highest BCUT2D eigenvalue weighted by Gasteiger charge is 2.13. The maximum Gasteiger partial charge on any atom is 0.246 e. The molecule has 1 aliphatic heterocycles. The van der Waals surface area contributed by atoms with E-state index in [1.54, 1.807) is 13.2 Å². The Morgan fingerprint density at radius 2 is 1.88 bits per heavy atom. The van der Waals surface area contributed by atoms with E-state index in [0.717, 1.165) is 37.3 Å². The lowest BCUT2D eigenvalue weighted by Gasteiger charge is -2.26. The summed E-state index contributed by atoms with van der Waals surface area (Å²) in [5.74, 6) is 1.37. The van der Waals surface area contributed by atoms with E-state index in [1.807, 2.05) is 59.5 Å². The van der Waals surface area contributed by atoms with Gasteiger partial charge in [0, 0.05) is 32.3 Å². The van der Waals surface area contributed by atoms with Crippen molar-refractivity contribution in [2.24, 2.45) is 0 Å². The van der Waals surface area contributed by atoms with E-state index in [-0.39, 0.29) is 5.91 Å². The molecule has 5 nitrogen and oxygen atoms in total. The number of ether oxygens (including phenoxy) is 2. The van der Waals surface area contributed by atoms with E-state index in [0.29, 0.717) is 18.1 Å². The molecule has 0 saturated carbocycles. The molecule has 26 heavy (non-hydrogen) atoms. The third kappa shape index (κ3) is 4.86. The molecule has 1 heterocycles. The van der Waals surface area contributed by atoms with E-state index in [9.17, 15) is 4.79 Å². The lowest BCUT2D eigenvalue weighted by Crippen LogP contribution is -2.45. The zero-order valence-corrected chi connectivity index (χ0v) is 15.0. The maximum atomic E-state index is 12.2. The Balaban J connectivity index is 1.64. The first-order valence-electron chi connectivity index (χ1n) is 8.79. The van der Waals surface area contributed by atoms with Crippen LogP contribution in [0.3, 0.4) is 0 Å². The molecule has 1 saturated heterocycles. The van der Waals surface area contributed by atoms with Gasteiger partial charge in [0.15, 0.2) is 11.5 Å². The molecule has 136 valence electrons. The van der Waals surface area contributed by atoms with Gasteiger partial charge in [-0.1, -0.05) is 36.4 Å². The molecule has 0 radical (unpaired) electrons. The molecule has 5 heteroatoms. The molecule has 0 spiro atoms. The van der Waals surface area contributed by atoms with Gasteiger partial charge < -0.3 is 19.7 Å². The molecular weight excluding hydrogens is 328 g/mol. The van der Waals surface area contributed by atoms with Crippen molar-refractivity contribution in [3.8, 4) is 11.5 Å². The standard InChI is InChI=1S/C21H24N2O3/c1-25-20-15-17(8-10-21(24)23-13-11-22-12-14-23)7-9-19(20)26-16-18-5-3-2-4-6-18/h2-10,15,22H,11-14,16H2,1H3/b10-8+. The van der Waals surface area contributed by atoms with Crippen molar-refractivity contribution in [2.75, 3.05) is 33.3 Å². The zero-order valence-electron chi connectivity index (χ0n) is 15.0. The fraction of sp³-hybridized carbons (Fsp3) is 0.286. The Bertz CT molecular complexity index is 753. The Morgan fingerprint density at radius 3 is 2.62 bits per heavy atom. The number of piperazine rings is 1.